The van der Waals surface area contributed by atoms with E-state index in [1.165, 1.54) is 12.1 Å². The summed E-state index contributed by atoms with van der Waals surface area (Å²) in [5.74, 6) is -2.73. The molecule has 0 amide bonds. The maximum Gasteiger partial charge on any atom is 0.388 e. The third-order valence-corrected chi connectivity index (χ3v) is 3.90. The smallest absolute Gasteiger partial charge is 0.388 e. The van der Waals surface area contributed by atoms with Crippen LogP contribution in [0.5, 0.6) is 5.88 Å². The predicted octanol–water partition coefficient (Wildman–Crippen LogP) is 5.15. The summed E-state index contributed by atoms with van der Waals surface area (Å²) in [6, 6.07) is 7.17. The van der Waals surface area contributed by atoms with Crippen molar-refractivity contribution in [3.05, 3.63) is 70.5 Å². The van der Waals surface area contributed by atoms with Crippen molar-refractivity contribution in [1.82, 2.24) is 4.98 Å². The predicted molar refractivity (Wildman–Crippen MR) is 82.2 cm³/mol. The Bertz CT molecular complexity index is 942. The van der Waals surface area contributed by atoms with Gasteiger partial charge in [0.1, 0.15) is 23.0 Å². The molecule has 130 valence electrons. The number of halogens is 5. The van der Waals surface area contributed by atoms with E-state index < -0.39 is 29.9 Å². The van der Waals surface area contributed by atoms with Crippen LogP contribution in [-0.4, -0.2) is 11.6 Å². The summed E-state index contributed by atoms with van der Waals surface area (Å²) in [4.78, 5) is 3.85. The normalized spacial score (nSPS) is 11.3. The van der Waals surface area contributed by atoms with Crippen molar-refractivity contribution >= 4 is 10.9 Å². The van der Waals surface area contributed by atoms with Crippen molar-refractivity contribution in [3.8, 4) is 5.88 Å². The number of aromatic nitrogens is 1. The molecular weight excluding hydrogens is 341 g/mol. The Hall–Kier alpha value is -2.70. The summed E-state index contributed by atoms with van der Waals surface area (Å²) in [7, 11) is 0. The number of rotatable bonds is 4. The summed E-state index contributed by atoms with van der Waals surface area (Å²) in [5, 5.41) is 0.402. The number of hydrogen-bond donors (Lipinski definition) is 0. The number of para-hydroxylation sites is 1. The fourth-order valence-electron chi connectivity index (χ4n) is 2.67. The van der Waals surface area contributed by atoms with Gasteiger partial charge in [-0.25, -0.2) is 18.2 Å². The maximum absolute atomic E-state index is 13.9. The lowest BCUT2D eigenvalue weighted by Gasteiger charge is -2.15. The largest absolute Gasteiger partial charge is 0.417 e. The van der Waals surface area contributed by atoms with Gasteiger partial charge >= 0.3 is 6.61 Å². The first-order chi connectivity index (χ1) is 11.9. The SMILES string of the molecule is Cc1c(Cc2ccc(F)cc2F)c(OC(F)F)nc2c(F)cccc12. The van der Waals surface area contributed by atoms with E-state index >= 15 is 0 Å². The van der Waals surface area contributed by atoms with Crippen LogP contribution in [0.25, 0.3) is 10.9 Å². The lowest BCUT2D eigenvalue weighted by molar-refractivity contribution is -0.0532. The van der Waals surface area contributed by atoms with E-state index in [0.29, 0.717) is 17.0 Å². The molecule has 3 rings (SSSR count). The molecule has 0 radical (unpaired) electrons. The zero-order chi connectivity index (χ0) is 18.1. The van der Waals surface area contributed by atoms with E-state index in [1.807, 2.05) is 0 Å². The van der Waals surface area contributed by atoms with Gasteiger partial charge in [-0.1, -0.05) is 18.2 Å². The van der Waals surface area contributed by atoms with Crippen molar-refractivity contribution in [3.63, 3.8) is 0 Å². The second-order valence-corrected chi connectivity index (χ2v) is 5.45. The Balaban J connectivity index is 2.19. The Morgan fingerprint density at radius 3 is 2.48 bits per heavy atom. The topological polar surface area (TPSA) is 22.1 Å². The molecule has 0 aliphatic heterocycles. The number of pyridine rings is 1. The molecule has 0 aliphatic carbocycles. The van der Waals surface area contributed by atoms with Gasteiger partial charge in [-0.05, 0) is 30.2 Å². The molecule has 0 saturated carbocycles. The standard InChI is InChI=1S/C18H12F5NO/c1-9-12-3-2-4-14(20)16(12)24-17(25-18(22)23)13(9)7-10-5-6-11(19)8-15(10)21/h2-6,8,18H,7H2,1H3. The first kappa shape index (κ1) is 17.1. The van der Waals surface area contributed by atoms with E-state index in [9.17, 15) is 22.0 Å². The van der Waals surface area contributed by atoms with Gasteiger partial charge in [0.2, 0.25) is 5.88 Å². The lowest BCUT2D eigenvalue weighted by Crippen LogP contribution is -2.09. The molecule has 0 saturated heterocycles. The van der Waals surface area contributed by atoms with Gasteiger partial charge in [0.15, 0.2) is 0 Å². The average Bonchev–Trinajstić information content (AvgIpc) is 2.53. The molecule has 1 aromatic heterocycles. The fourth-order valence-corrected chi connectivity index (χ4v) is 2.67. The van der Waals surface area contributed by atoms with Gasteiger partial charge in [0, 0.05) is 23.4 Å². The molecule has 0 aliphatic rings. The van der Waals surface area contributed by atoms with Gasteiger partial charge in [0.25, 0.3) is 0 Å². The lowest BCUT2D eigenvalue weighted by atomic mass is 9.98. The van der Waals surface area contributed by atoms with E-state index in [-0.39, 0.29) is 23.1 Å². The molecule has 7 heteroatoms. The minimum absolute atomic E-state index is 0.0844. The van der Waals surface area contributed by atoms with E-state index in [2.05, 4.69) is 9.72 Å². The summed E-state index contributed by atoms with van der Waals surface area (Å²) in [6.45, 7) is -1.59. The highest BCUT2D eigenvalue weighted by molar-refractivity contribution is 5.84. The van der Waals surface area contributed by atoms with Crippen LogP contribution in [0.2, 0.25) is 0 Å². The minimum atomic E-state index is -3.17. The van der Waals surface area contributed by atoms with Crippen molar-refractivity contribution < 1.29 is 26.7 Å². The van der Waals surface area contributed by atoms with Crippen LogP contribution in [0, 0.1) is 24.4 Å². The molecule has 0 fully saturated rings. The average molecular weight is 353 g/mol. The van der Waals surface area contributed by atoms with Gasteiger partial charge in [-0.3, -0.25) is 0 Å². The highest BCUT2D eigenvalue weighted by atomic mass is 19.3. The second-order valence-electron chi connectivity index (χ2n) is 5.45. The molecule has 0 unspecified atom stereocenters. The highest BCUT2D eigenvalue weighted by Crippen LogP contribution is 2.32. The number of aryl methyl sites for hydroxylation is 1. The number of alkyl halides is 2. The zero-order valence-electron chi connectivity index (χ0n) is 13.0. The van der Waals surface area contributed by atoms with E-state index in [4.69, 9.17) is 0 Å². The molecular formula is C18H12F5NO. The van der Waals surface area contributed by atoms with Crippen LogP contribution < -0.4 is 4.74 Å². The minimum Gasteiger partial charge on any atom is -0.417 e. The van der Waals surface area contributed by atoms with Crippen molar-refractivity contribution in [1.29, 1.82) is 0 Å². The quantitative estimate of drug-likeness (QED) is 0.605. The van der Waals surface area contributed by atoms with Crippen LogP contribution in [0.3, 0.4) is 0 Å². The molecule has 2 aromatic carbocycles. The number of benzene rings is 2. The summed E-state index contributed by atoms with van der Waals surface area (Å²) >= 11 is 0. The van der Waals surface area contributed by atoms with Gasteiger partial charge in [0.05, 0.1) is 0 Å². The Labute approximate surface area is 139 Å². The number of nitrogens with zero attached hydrogens (tertiary/aromatic N) is 1. The van der Waals surface area contributed by atoms with Crippen LogP contribution in [-0.2, 0) is 6.42 Å². The fraction of sp³-hybridized carbons (Fsp3) is 0.167. The summed E-state index contributed by atoms with van der Waals surface area (Å²) in [5.41, 5.74) is 0.591. The zero-order valence-corrected chi connectivity index (χ0v) is 13.0. The molecule has 0 bridgehead atoms. The van der Waals surface area contributed by atoms with Gasteiger partial charge < -0.3 is 4.74 Å². The second kappa shape index (κ2) is 6.66. The first-order valence-corrected chi connectivity index (χ1v) is 7.33. The summed E-state index contributed by atoms with van der Waals surface area (Å²) < 4.78 is 70.8. The van der Waals surface area contributed by atoms with Crippen LogP contribution in [0.1, 0.15) is 16.7 Å². The molecule has 2 nitrogen and oxygen atoms in total. The van der Waals surface area contributed by atoms with Gasteiger partial charge in [-0.2, -0.15) is 8.78 Å². The molecule has 3 aromatic rings. The number of ether oxygens (including phenoxy) is 1. The van der Waals surface area contributed by atoms with Crippen LogP contribution in [0.15, 0.2) is 36.4 Å². The van der Waals surface area contributed by atoms with Crippen molar-refractivity contribution in [2.75, 3.05) is 0 Å². The Morgan fingerprint density at radius 2 is 1.80 bits per heavy atom. The molecule has 0 N–H and O–H groups in total. The van der Waals surface area contributed by atoms with Crippen molar-refractivity contribution in [2.45, 2.75) is 20.0 Å². The molecule has 1 heterocycles. The van der Waals surface area contributed by atoms with E-state index in [1.54, 1.807) is 13.0 Å². The van der Waals surface area contributed by atoms with E-state index in [0.717, 1.165) is 12.1 Å². The monoisotopic (exact) mass is 353 g/mol. The Kier molecular flexibility index (Phi) is 4.57. The third kappa shape index (κ3) is 3.40. The maximum atomic E-state index is 13.9. The highest BCUT2D eigenvalue weighted by Gasteiger charge is 2.20. The number of fused-ring (bicyclic) bond motifs is 1. The molecule has 25 heavy (non-hydrogen) atoms. The molecule has 0 atom stereocenters. The third-order valence-electron chi connectivity index (χ3n) is 3.90. The van der Waals surface area contributed by atoms with Gasteiger partial charge in [-0.15, -0.1) is 0 Å². The van der Waals surface area contributed by atoms with Crippen LogP contribution in [0.4, 0.5) is 22.0 Å². The molecule has 0 spiro atoms. The summed E-state index contributed by atoms with van der Waals surface area (Å²) in [6.07, 6.45) is -0.153. The van der Waals surface area contributed by atoms with Crippen molar-refractivity contribution in [2.24, 2.45) is 0 Å². The van der Waals surface area contributed by atoms with Crippen LogP contribution >= 0.6 is 0 Å². The first-order valence-electron chi connectivity index (χ1n) is 7.33. The number of hydrogen-bond acceptors (Lipinski definition) is 2. The Morgan fingerprint density at radius 1 is 1.04 bits per heavy atom.